The number of unbranched alkanes of at least 4 members (excludes halogenated alkanes) is 1. The first-order chi connectivity index (χ1) is 14.9. The molecule has 0 amide bonds. The second-order valence-electron chi connectivity index (χ2n) is 8.13. The fourth-order valence-electron chi connectivity index (χ4n) is 3.76. The maximum absolute atomic E-state index is 10.9. The number of ether oxygens (including phenoxy) is 1. The zero-order valence-corrected chi connectivity index (χ0v) is 20.9. The maximum Gasteiger partial charge on any atom is 0.325 e. The third kappa shape index (κ3) is 8.01. The van der Waals surface area contributed by atoms with Gasteiger partial charge in [0.1, 0.15) is 0 Å². The molecular weight excluding hydrogens is 497 g/mol. The Kier molecular flexibility index (Phi) is 9.66. The van der Waals surface area contributed by atoms with Crippen molar-refractivity contribution in [2.45, 2.75) is 42.5 Å². The number of hydrogen-bond donors (Lipinski definition) is 3. The summed E-state index contributed by atoms with van der Waals surface area (Å²) in [6.07, 6.45) is 3.94. The Morgan fingerprint density at radius 1 is 1.10 bits per heavy atom. The van der Waals surface area contributed by atoms with E-state index in [1.54, 1.807) is 0 Å². The molecule has 0 bridgehead atoms. The summed E-state index contributed by atoms with van der Waals surface area (Å²) in [4.78, 5) is 19.0. The largest absolute Gasteiger partial charge is 0.379 e. The third-order valence-electron chi connectivity index (χ3n) is 5.58. The fourth-order valence-corrected chi connectivity index (χ4v) is 6.03. The number of hydrogen-bond acceptors (Lipinski definition) is 4. The van der Waals surface area contributed by atoms with Gasteiger partial charge in [-0.15, -0.1) is 11.8 Å². The summed E-state index contributed by atoms with van der Waals surface area (Å²) in [5, 5.41) is 3.24. The van der Waals surface area contributed by atoms with Crippen molar-refractivity contribution in [2.75, 3.05) is 31.7 Å². The molecule has 0 radical (unpaired) electrons. The fraction of sp³-hybridized carbons (Fsp3) is 0.478. The summed E-state index contributed by atoms with van der Waals surface area (Å²) in [5.74, 6) is 1.09. The zero-order valence-electron chi connectivity index (χ0n) is 17.6. The van der Waals surface area contributed by atoms with Crippen LogP contribution in [0.1, 0.15) is 36.8 Å². The van der Waals surface area contributed by atoms with E-state index in [0.29, 0.717) is 19.5 Å². The summed E-state index contributed by atoms with van der Waals surface area (Å²) in [6, 6.07) is 17.1. The van der Waals surface area contributed by atoms with E-state index in [1.165, 1.54) is 29.7 Å². The highest BCUT2D eigenvalue weighted by Crippen LogP contribution is 2.38. The van der Waals surface area contributed by atoms with Crippen LogP contribution >= 0.6 is 35.3 Å². The van der Waals surface area contributed by atoms with E-state index < -0.39 is 7.60 Å². The molecule has 5 nitrogen and oxygen atoms in total. The van der Waals surface area contributed by atoms with E-state index in [9.17, 15) is 4.57 Å². The average Bonchev–Trinajstić information content (AvgIpc) is 2.70. The highest BCUT2D eigenvalue weighted by atomic mass is 79.9. The molecule has 0 unspecified atom stereocenters. The molecule has 3 N–H and O–H groups in total. The number of halogens is 1. The Morgan fingerprint density at radius 3 is 2.52 bits per heavy atom. The highest BCUT2D eigenvalue weighted by Gasteiger charge is 2.39. The van der Waals surface area contributed by atoms with Crippen LogP contribution in [0.4, 0.5) is 0 Å². The minimum atomic E-state index is -3.89. The molecule has 170 valence electrons. The van der Waals surface area contributed by atoms with Crippen LogP contribution in [0.25, 0.3) is 0 Å². The van der Waals surface area contributed by atoms with Crippen LogP contribution in [0.3, 0.4) is 0 Å². The molecule has 0 aliphatic carbocycles. The summed E-state index contributed by atoms with van der Waals surface area (Å²) in [6.45, 7) is 2.96. The van der Waals surface area contributed by atoms with Crippen molar-refractivity contribution >= 4 is 35.3 Å². The Labute approximate surface area is 197 Å². The highest BCUT2D eigenvalue weighted by molar-refractivity contribution is 9.10. The van der Waals surface area contributed by atoms with Gasteiger partial charge in [-0.25, -0.2) is 0 Å². The zero-order chi connectivity index (χ0) is 22.2. The Hall–Kier alpha value is -0.660. The van der Waals surface area contributed by atoms with Crippen molar-refractivity contribution in [1.29, 1.82) is 0 Å². The van der Waals surface area contributed by atoms with Crippen LogP contribution in [0, 0.1) is 0 Å². The molecule has 0 aromatic heterocycles. The van der Waals surface area contributed by atoms with Gasteiger partial charge >= 0.3 is 7.60 Å². The SMILES string of the molecule is O=P(O)(O)CCCNCc1ccc(SCCCCC2(c3ccccc3)COC2)c(Br)c1. The summed E-state index contributed by atoms with van der Waals surface area (Å²) in [5.41, 5.74) is 2.77. The smallest absolute Gasteiger partial charge is 0.325 e. The standard InChI is InChI=1S/C23H31BrNO4PS/c24-21-15-19(16-25-12-6-13-30(26,27)28)9-10-22(21)31-14-5-4-11-23(17-29-18-23)20-7-2-1-3-8-20/h1-3,7-10,15,25H,4-6,11-14,16-18H2,(H2,26,27,28). The molecule has 1 aliphatic rings. The molecule has 2 aromatic rings. The van der Waals surface area contributed by atoms with Crippen molar-refractivity contribution < 1.29 is 19.1 Å². The van der Waals surface area contributed by atoms with Crippen LogP contribution in [-0.2, 0) is 21.3 Å². The quantitative estimate of drug-likeness (QED) is 0.185. The molecule has 1 heterocycles. The molecule has 1 saturated heterocycles. The van der Waals surface area contributed by atoms with Gasteiger partial charge in [0.2, 0.25) is 0 Å². The lowest BCUT2D eigenvalue weighted by Gasteiger charge is -2.42. The lowest BCUT2D eigenvalue weighted by Crippen LogP contribution is -2.46. The molecule has 31 heavy (non-hydrogen) atoms. The molecule has 1 aliphatic heterocycles. The van der Waals surface area contributed by atoms with Crippen LogP contribution in [-0.4, -0.2) is 41.5 Å². The first kappa shape index (κ1) is 25.0. The minimum absolute atomic E-state index is 0.0707. The van der Waals surface area contributed by atoms with Crippen molar-refractivity contribution in [3.8, 4) is 0 Å². The van der Waals surface area contributed by atoms with Crippen LogP contribution < -0.4 is 5.32 Å². The van der Waals surface area contributed by atoms with Crippen LogP contribution in [0.5, 0.6) is 0 Å². The summed E-state index contributed by atoms with van der Waals surface area (Å²) in [7, 11) is -3.89. The van der Waals surface area contributed by atoms with Gasteiger partial charge in [-0.3, -0.25) is 4.57 Å². The van der Waals surface area contributed by atoms with Crippen molar-refractivity contribution in [3.63, 3.8) is 0 Å². The van der Waals surface area contributed by atoms with E-state index in [1.807, 2.05) is 11.8 Å². The van der Waals surface area contributed by atoms with Gasteiger partial charge in [0.25, 0.3) is 0 Å². The monoisotopic (exact) mass is 527 g/mol. The Balaban J connectivity index is 1.35. The first-order valence-electron chi connectivity index (χ1n) is 10.7. The Bertz CT molecular complexity index is 873. The van der Waals surface area contributed by atoms with E-state index in [4.69, 9.17) is 14.5 Å². The van der Waals surface area contributed by atoms with E-state index in [2.05, 4.69) is 69.8 Å². The number of nitrogens with one attached hydrogen (secondary N) is 1. The average molecular weight is 528 g/mol. The predicted molar refractivity (Wildman–Crippen MR) is 131 cm³/mol. The summed E-state index contributed by atoms with van der Waals surface area (Å²) < 4.78 is 17.5. The second-order valence-corrected chi connectivity index (χ2v) is 11.9. The molecular formula is C23H31BrNO4PS. The topological polar surface area (TPSA) is 78.8 Å². The van der Waals surface area contributed by atoms with Gasteiger partial charge in [0.05, 0.1) is 19.4 Å². The number of benzene rings is 2. The molecule has 0 saturated carbocycles. The third-order valence-corrected chi connectivity index (χ3v) is 8.56. The lowest BCUT2D eigenvalue weighted by atomic mass is 9.75. The van der Waals surface area contributed by atoms with E-state index in [0.717, 1.165) is 29.0 Å². The van der Waals surface area contributed by atoms with Gasteiger partial charge < -0.3 is 19.8 Å². The Morgan fingerprint density at radius 2 is 1.87 bits per heavy atom. The first-order valence-corrected chi connectivity index (χ1v) is 14.3. The molecule has 2 aromatic carbocycles. The number of rotatable bonds is 13. The molecule has 1 fully saturated rings. The predicted octanol–water partition coefficient (Wildman–Crippen LogP) is 5.34. The molecule has 0 spiro atoms. The van der Waals surface area contributed by atoms with Crippen LogP contribution in [0.15, 0.2) is 57.9 Å². The normalized spacial score (nSPS) is 15.6. The molecule has 0 atom stereocenters. The molecule has 8 heteroatoms. The second kappa shape index (κ2) is 12.0. The van der Waals surface area contributed by atoms with Gasteiger partial charge in [0.15, 0.2) is 0 Å². The van der Waals surface area contributed by atoms with Gasteiger partial charge in [-0.1, -0.05) is 42.8 Å². The van der Waals surface area contributed by atoms with Crippen molar-refractivity contribution in [3.05, 3.63) is 64.1 Å². The molecule has 3 rings (SSSR count). The number of thioether (sulfide) groups is 1. The maximum atomic E-state index is 10.9. The van der Waals surface area contributed by atoms with Gasteiger partial charge in [-0.05, 0) is 70.7 Å². The lowest BCUT2D eigenvalue weighted by molar-refractivity contribution is -0.0652. The van der Waals surface area contributed by atoms with E-state index >= 15 is 0 Å². The minimum Gasteiger partial charge on any atom is -0.379 e. The van der Waals surface area contributed by atoms with E-state index in [-0.39, 0.29) is 11.6 Å². The van der Waals surface area contributed by atoms with Gasteiger partial charge in [-0.2, -0.15) is 0 Å². The van der Waals surface area contributed by atoms with Crippen molar-refractivity contribution in [1.82, 2.24) is 5.32 Å². The van der Waals surface area contributed by atoms with Gasteiger partial charge in [0, 0.05) is 21.3 Å². The van der Waals surface area contributed by atoms with Crippen LogP contribution in [0.2, 0.25) is 0 Å². The van der Waals surface area contributed by atoms with Crippen molar-refractivity contribution in [2.24, 2.45) is 0 Å². The summed E-state index contributed by atoms with van der Waals surface area (Å²) >= 11 is 5.56.